The number of phenolic OH excluding ortho intramolecular Hbond substituents is 1. The molecule has 8 rings (SSSR count). The van der Waals surface area contributed by atoms with Gasteiger partial charge in [-0.15, -0.1) is 0 Å². The summed E-state index contributed by atoms with van der Waals surface area (Å²) in [5.41, 5.74) is 4.79. The van der Waals surface area contributed by atoms with Crippen LogP contribution in [-0.4, -0.2) is 32.1 Å². The van der Waals surface area contributed by atoms with Gasteiger partial charge in [0.25, 0.3) is 0 Å². The highest BCUT2D eigenvalue weighted by atomic mass is 32.2. The van der Waals surface area contributed by atoms with Crippen molar-refractivity contribution < 1.29 is 18.3 Å². The lowest BCUT2D eigenvalue weighted by Crippen LogP contribution is -2.18. The molecule has 0 saturated heterocycles. The number of ether oxygens (including phenoxy) is 1. The van der Waals surface area contributed by atoms with Gasteiger partial charge in [0, 0.05) is 6.26 Å². The van der Waals surface area contributed by atoms with Crippen LogP contribution < -0.4 is 4.74 Å². The van der Waals surface area contributed by atoms with Gasteiger partial charge in [0.2, 0.25) is 0 Å². The van der Waals surface area contributed by atoms with Gasteiger partial charge in [-0.3, -0.25) is 0 Å². The summed E-state index contributed by atoms with van der Waals surface area (Å²) in [6, 6.07) is 36.2. The van der Waals surface area contributed by atoms with Crippen LogP contribution in [-0.2, 0) is 9.84 Å². The largest absolute Gasteiger partial charge is 0.508 e. The van der Waals surface area contributed by atoms with E-state index in [4.69, 9.17) is 9.84 Å². The lowest BCUT2D eigenvalue weighted by atomic mass is 9.95. The van der Waals surface area contributed by atoms with Gasteiger partial charge in [-0.1, -0.05) is 109 Å². The molecule has 0 heterocycles. The maximum absolute atomic E-state index is 11.0. The van der Waals surface area contributed by atoms with Crippen molar-refractivity contribution in [2.75, 3.05) is 18.6 Å². The molecule has 6 atom stereocenters. The Bertz CT molecular complexity index is 1710. The number of hydrogen-bond donors (Lipinski definition) is 1. The predicted molar refractivity (Wildman–Crippen MR) is 188 cm³/mol. The number of allylic oxidation sites excluding steroid dienone is 4. The van der Waals surface area contributed by atoms with Crippen LogP contribution in [0.2, 0.25) is 0 Å². The molecular formula is C41H44O4S. The minimum Gasteiger partial charge on any atom is -0.508 e. The molecule has 0 aliphatic heterocycles. The summed E-state index contributed by atoms with van der Waals surface area (Å²) in [5, 5.41) is 9.10. The maximum atomic E-state index is 11.0. The number of sulfone groups is 1. The summed E-state index contributed by atoms with van der Waals surface area (Å²) in [6.07, 6.45) is 15.5. The second-order valence-electron chi connectivity index (χ2n) is 13.3. The Morgan fingerprint density at radius 1 is 0.587 bits per heavy atom. The first-order valence-corrected chi connectivity index (χ1v) is 18.5. The Hall–Kier alpha value is -4.09. The van der Waals surface area contributed by atoms with E-state index in [1.54, 1.807) is 12.1 Å². The second kappa shape index (κ2) is 14.6. The van der Waals surface area contributed by atoms with Crippen LogP contribution in [0.1, 0.15) is 25.7 Å². The van der Waals surface area contributed by atoms with Crippen LogP contribution in [0.15, 0.2) is 133 Å². The third kappa shape index (κ3) is 8.58. The molecule has 6 unspecified atom stereocenters. The van der Waals surface area contributed by atoms with Gasteiger partial charge < -0.3 is 9.84 Å². The number of benzene rings is 4. The number of phenols is 1. The molecule has 4 aliphatic carbocycles. The molecule has 5 heteroatoms. The van der Waals surface area contributed by atoms with E-state index in [9.17, 15) is 8.42 Å². The van der Waals surface area contributed by atoms with Crippen molar-refractivity contribution in [3.05, 3.63) is 133 Å². The van der Waals surface area contributed by atoms with E-state index in [0.717, 1.165) is 36.2 Å². The normalized spacial score (nSPS) is 25.0. The Morgan fingerprint density at radius 3 is 1.48 bits per heavy atom. The minimum atomic E-state index is -2.76. The van der Waals surface area contributed by atoms with E-state index in [-0.39, 0.29) is 0 Å². The average Bonchev–Trinajstić information content (AvgIpc) is 3.89. The smallest absolute Gasteiger partial charge is 0.147 e. The van der Waals surface area contributed by atoms with Gasteiger partial charge in [-0.25, -0.2) is 8.42 Å². The van der Waals surface area contributed by atoms with Crippen LogP contribution in [0.3, 0.4) is 0 Å². The fourth-order valence-corrected chi connectivity index (χ4v) is 8.58. The molecule has 2 saturated carbocycles. The summed E-state index contributed by atoms with van der Waals surface area (Å²) >= 11 is 0. The summed E-state index contributed by atoms with van der Waals surface area (Å²) in [7, 11) is -2.76. The van der Waals surface area contributed by atoms with Crippen molar-refractivity contribution in [1.29, 1.82) is 0 Å². The van der Waals surface area contributed by atoms with Gasteiger partial charge in [0.15, 0.2) is 0 Å². The molecule has 238 valence electrons. The molecule has 4 nitrogen and oxygen atoms in total. The summed E-state index contributed by atoms with van der Waals surface area (Å²) in [5.74, 6) is 5.64. The van der Waals surface area contributed by atoms with Crippen molar-refractivity contribution in [1.82, 2.24) is 0 Å². The van der Waals surface area contributed by atoms with E-state index in [0.29, 0.717) is 35.2 Å². The molecule has 0 amide bonds. The number of fused-ring (bicyclic) bond motifs is 4. The van der Waals surface area contributed by atoms with Crippen LogP contribution in [0.4, 0.5) is 0 Å². The van der Waals surface area contributed by atoms with E-state index in [1.165, 1.54) is 42.2 Å². The Kier molecular flexibility index (Phi) is 10.1. The van der Waals surface area contributed by atoms with Gasteiger partial charge >= 0.3 is 0 Å². The van der Waals surface area contributed by atoms with Crippen molar-refractivity contribution in [2.24, 2.45) is 35.5 Å². The lowest BCUT2D eigenvalue weighted by molar-refractivity contribution is 0.228. The Morgan fingerprint density at radius 2 is 1.04 bits per heavy atom. The lowest BCUT2D eigenvalue weighted by Gasteiger charge is -2.18. The standard InChI is InChI=1S/C20H20O.C12H10O.C9H14O2S/c1-2-4-16(5-3-1)17-8-10-20(11-9-17)21-14-19-13-15-6-7-18(19)12-15;13-12-8-6-11(7-9-12)10-4-2-1-3-5-10;1-12(10,11)6-9-5-7-2-3-8(9)4-7/h1-11,15,18-19H,12-14H2;1-9,13H;2-3,7-9H,4-6H2,1H3. The Labute approximate surface area is 274 Å². The monoisotopic (exact) mass is 632 g/mol. The first-order chi connectivity index (χ1) is 22.3. The average molecular weight is 633 g/mol. The number of rotatable bonds is 7. The SMILES string of the molecule is C1=CC2CC1CC2COc1ccc(-c2ccccc2)cc1.CS(=O)(=O)CC1CC2C=CC1C2.Oc1ccc(-c2ccccc2)cc1. The van der Waals surface area contributed by atoms with Gasteiger partial charge in [0.05, 0.1) is 12.4 Å². The zero-order valence-electron chi connectivity index (χ0n) is 26.5. The molecular weight excluding hydrogens is 589 g/mol. The van der Waals surface area contributed by atoms with Gasteiger partial charge in [-0.05, 0) is 108 Å². The van der Waals surface area contributed by atoms with Crippen molar-refractivity contribution in [3.8, 4) is 33.8 Å². The number of hydrogen-bond acceptors (Lipinski definition) is 4. The van der Waals surface area contributed by atoms with E-state index >= 15 is 0 Å². The molecule has 0 spiro atoms. The van der Waals surface area contributed by atoms with Gasteiger partial charge in [-0.2, -0.15) is 0 Å². The van der Waals surface area contributed by atoms with Gasteiger partial charge in [0.1, 0.15) is 21.3 Å². The zero-order valence-corrected chi connectivity index (χ0v) is 27.3. The van der Waals surface area contributed by atoms with Crippen LogP contribution in [0, 0.1) is 35.5 Å². The van der Waals surface area contributed by atoms with Crippen molar-refractivity contribution in [2.45, 2.75) is 25.7 Å². The molecule has 4 bridgehead atoms. The fraction of sp³-hybridized carbons (Fsp3) is 0.317. The summed E-state index contributed by atoms with van der Waals surface area (Å²) in [4.78, 5) is 0. The van der Waals surface area contributed by atoms with Crippen LogP contribution in [0.5, 0.6) is 11.5 Å². The van der Waals surface area contributed by atoms with E-state index in [1.807, 2.05) is 48.5 Å². The first kappa shape index (κ1) is 31.9. The molecule has 0 radical (unpaired) electrons. The zero-order chi connectivity index (χ0) is 31.9. The van der Waals surface area contributed by atoms with Crippen molar-refractivity contribution >= 4 is 9.84 Å². The molecule has 4 aromatic carbocycles. The highest BCUT2D eigenvalue weighted by Crippen LogP contribution is 2.44. The third-order valence-electron chi connectivity index (χ3n) is 9.75. The highest BCUT2D eigenvalue weighted by molar-refractivity contribution is 7.90. The minimum absolute atomic E-state index is 0.305. The third-order valence-corrected chi connectivity index (χ3v) is 10.8. The molecule has 4 aliphatic rings. The molecule has 2 fully saturated rings. The Balaban J connectivity index is 0.000000129. The topological polar surface area (TPSA) is 63.6 Å². The molecule has 46 heavy (non-hydrogen) atoms. The maximum Gasteiger partial charge on any atom is 0.147 e. The van der Waals surface area contributed by atoms with E-state index in [2.05, 4.69) is 72.8 Å². The summed E-state index contributed by atoms with van der Waals surface area (Å²) < 4.78 is 28.1. The van der Waals surface area contributed by atoms with Crippen LogP contribution in [0.25, 0.3) is 22.3 Å². The van der Waals surface area contributed by atoms with Crippen molar-refractivity contribution in [3.63, 3.8) is 0 Å². The first-order valence-electron chi connectivity index (χ1n) is 16.5. The molecule has 0 aromatic heterocycles. The van der Waals surface area contributed by atoms with Crippen LogP contribution >= 0.6 is 0 Å². The number of aromatic hydroxyl groups is 1. The highest BCUT2D eigenvalue weighted by Gasteiger charge is 2.37. The quantitative estimate of drug-likeness (QED) is 0.206. The van der Waals surface area contributed by atoms with E-state index < -0.39 is 9.84 Å². The fourth-order valence-electron chi connectivity index (χ4n) is 7.42. The molecule has 1 N–H and O–H groups in total. The predicted octanol–water partition coefficient (Wildman–Crippen LogP) is 9.25. The molecule has 4 aromatic rings. The second-order valence-corrected chi connectivity index (χ2v) is 15.5. The summed E-state index contributed by atoms with van der Waals surface area (Å²) in [6.45, 7) is 0.857.